The average molecular weight is 442 g/mol. The van der Waals surface area contributed by atoms with Gasteiger partial charge in [0.15, 0.2) is 13.6 Å². The molecule has 0 amide bonds. The summed E-state index contributed by atoms with van der Waals surface area (Å²) in [6.07, 6.45) is 3.50. The van der Waals surface area contributed by atoms with Crippen LogP contribution in [0.4, 0.5) is 0 Å². The highest BCUT2D eigenvalue weighted by Gasteiger charge is 2.17. The van der Waals surface area contributed by atoms with Crippen LogP contribution in [0.25, 0.3) is 28.3 Å². The van der Waals surface area contributed by atoms with Crippen molar-refractivity contribution < 1.29 is 0 Å². The van der Waals surface area contributed by atoms with E-state index in [4.69, 9.17) is 21.6 Å². The topological polar surface area (TPSA) is 75.0 Å². The number of pyridine rings is 2. The van der Waals surface area contributed by atoms with Crippen LogP contribution in [-0.2, 0) is 13.1 Å². The number of fused-ring (bicyclic) bond motifs is 1. The zero-order chi connectivity index (χ0) is 22.1. The van der Waals surface area contributed by atoms with Gasteiger partial charge in [-0.3, -0.25) is 4.98 Å². The molecule has 7 nitrogen and oxygen atoms in total. The van der Waals surface area contributed by atoms with E-state index in [9.17, 15) is 0 Å². The monoisotopic (exact) mass is 441 g/mol. The maximum Gasteiger partial charge on any atom is 0.186 e. The standard InChI is InChI=1S/C23H21BClN7/c1-15-4-2-7-19(28-15)23-22(17-8-9-21-26-14-27-32(21)12-17)29-20(30-23)13-31(24)11-16-5-3-6-18(25)10-16/h2-10,12,14H,11,13,24H2,1H3,(H,29,30). The lowest BCUT2D eigenvalue weighted by Crippen LogP contribution is -2.19. The maximum absolute atomic E-state index is 6.14. The van der Waals surface area contributed by atoms with Crippen molar-refractivity contribution in [1.29, 1.82) is 0 Å². The Morgan fingerprint density at radius 1 is 1.06 bits per heavy atom. The molecule has 5 aromatic rings. The van der Waals surface area contributed by atoms with Gasteiger partial charge in [0.05, 0.1) is 11.4 Å². The zero-order valence-electron chi connectivity index (χ0n) is 17.8. The van der Waals surface area contributed by atoms with Gasteiger partial charge in [0.2, 0.25) is 0 Å². The molecule has 0 atom stereocenters. The van der Waals surface area contributed by atoms with Crippen molar-refractivity contribution in [2.24, 2.45) is 0 Å². The number of rotatable bonds is 6. The van der Waals surface area contributed by atoms with E-state index in [0.717, 1.165) is 56.9 Å². The first-order valence-corrected chi connectivity index (χ1v) is 10.7. The Morgan fingerprint density at radius 3 is 2.78 bits per heavy atom. The third kappa shape index (κ3) is 4.28. The molecule has 0 aliphatic heterocycles. The van der Waals surface area contributed by atoms with Gasteiger partial charge >= 0.3 is 0 Å². The second kappa shape index (κ2) is 8.57. The number of aromatic amines is 1. The second-order valence-corrected chi connectivity index (χ2v) is 8.29. The maximum atomic E-state index is 6.14. The van der Waals surface area contributed by atoms with Gasteiger partial charge in [-0.15, -0.1) is 0 Å². The van der Waals surface area contributed by atoms with Gasteiger partial charge in [0, 0.05) is 35.6 Å². The van der Waals surface area contributed by atoms with E-state index < -0.39 is 0 Å². The molecule has 0 saturated heterocycles. The number of hydrogen-bond acceptors (Lipinski definition) is 5. The summed E-state index contributed by atoms with van der Waals surface area (Å²) in [7, 11) is 2.06. The van der Waals surface area contributed by atoms with Crippen molar-refractivity contribution in [2.45, 2.75) is 20.0 Å². The lowest BCUT2D eigenvalue weighted by atomic mass is 10.1. The molecule has 0 spiro atoms. The van der Waals surface area contributed by atoms with Crippen LogP contribution >= 0.6 is 11.6 Å². The Bertz CT molecular complexity index is 1390. The van der Waals surface area contributed by atoms with Crippen molar-refractivity contribution >= 4 is 25.2 Å². The van der Waals surface area contributed by atoms with Crippen LogP contribution in [0.1, 0.15) is 17.1 Å². The molecule has 4 aromatic heterocycles. The number of imidazole rings is 1. The first-order valence-electron chi connectivity index (χ1n) is 10.3. The summed E-state index contributed by atoms with van der Waals surface area (Å²) < 4.78 is 1.76. The number of benzene rings is 1. The molecule has 0 fully saturated rings. The Hall–Kier alpha value is -3.49. The third-order valence-corrected chi connectivity index (χ3v) is 5.44. The highest BCUT2D eigenvalue weighted by molar-refractivity contribution is 6.30. The van der Waals surface area contributed by atoms with Gasteiger partial charge in [-0.05, 0) is 48.9 Å². The van der Waals surface area contributed by atoms with Crippen LogP contribution < -0.4 is 0 Å². The minimum absolute atomic E-state index is 0.650. The van der Waals surface area contributed by atoms with E-state index >= 15 is 0 Å². The summed E-state index contributed by atoms with van der Waals surface area (Å²) in [5, 5.41) is 5.01. The predicted molar refractivity (Wildman–Crippen MR) is 128 cm³/mol. The largest absolute Gasteiger partial charge is 0.340 e. The Balaban J connectivity index is 1.50. The first-order chi connectivity index (χ1) is 15.5. The summed E-state index contributed by atoms with van der Waals surface area (Å²) in [6.45, 7) is 3.40. The minimum atomic E-state index is 0.650. The molecule has 0 aliphatic carbocycles. The second-order valence-electron chi connectivity index (χ2n) is 7.85. The van der Waals surface area contributed by atoms with Crippen LogP contribution in [0.2, 0.25) is 5.02 Å². The summed E-state index contributed by atoms with van der Waals surface area (Å²) >= 11 is 6.14. The molecular weight excluding hydrogens is 421 g/mol. The van der Waals surface area contributed by atoms with Crippen molar-refractivity contribution in [2.75, 3.05) is 0 Å². The molecule has 158 valence electrons. The smallest absolute Gasteiger partial charge is 0.186 e. The van der Waals surface area contributed by atoms with Crippen molar-refractivity contribution in [3.63, 3.8) is 0 Å². The molecule has 4 heterocycles. The van der Waals surface area contributed by atoms with E-state index in [1.54, 1.807) is 10.8 Å². The fraction of sp³-hybridized carbons (Fsp3) is 0.130. The third-order valence-electron chi connectivity index (χ3n) is 5.21. The highest BCUT2D eigenvalue weighted by Crippen LogP contribution is 2.29. The van der Waals surface area contributed by atoms with E-state index in [1.165, 1.54) is 0 Å². The molecule has 5 rings (SSSR count). The number of nitrogens with zero attached hydrogens (tertiary/aromatic N) is 6. The lowest BCUT2D eigenvalue weighted by Gasteiger charge is -2.15. The summed E-state index contributed by atoms with van der Waals surface area (Å²) in [4.78, 5) is 19.6. The van der Waals surface area contributed by atoms with Gasteiger partial charge in [0.25, 0.3) is 0 Å². The number of aryl methyl sites for hydroxylation is 1. The van der Waals surface area contributed by atoms with Gasteiger partial charge in [-0.1, -0.05) is 29.8 Å². The minimum Gasteiger partial charge on any atom is -0.340 e. The molecule has 0 radical (unpaired) electrons. The number of H-pyrrole nitrogens is 1. The molecular formula is C23H21BClN7. The van der Waals surface area contributed by atoms with Crippen molar-refractivity contribution in [3.8, 4) is 22.6 Å². The number of aromatic nitrogens is 6. The normalized spacial score (nSPS) is 11.5. The molecule has 0 unspecified atom stereocenters. The molecule has 0 saturated carbocycles. The van der Waals surface area contributed by atoms with Crippen molar-refractivity contribution in [1.82, 2.24) is 34.4 Å². The molecule has 9 heteroatoms. The predicted octanol–water partition coefficient (Wildman–Crippen LogP) is 3.69. The average Bonchev–Trinajstić information content (AvgIpc) is 3.40. The lowest BCUT2D eigenvalue weighted by molar-refractivity contribution is 0.432. The number of halogens is 1. The van der Waals surface area contributed by atoms with Gasteiger partial charge in [-0.25, -0.2) is 14.5 Å². The Kier molecular flexibility index (Phi) is 5.47. The SMILES string of the molecule is BN(Cc1cccc(Cl)c1)Cc1nc(-c2cccc(C)n2)c(-c2ccc3ncnn3c2)[nH]1. The van der Waals surface area contributed by atoms with E-state index in [1.807, 2.05) is 61.7 Å². The highest BCUT2D eigenvalue weighted by atomic mass is 35.5. The summed E-state index contributed by atoms with van der Waals surface area (Å²) in [5.41, 5.74) is 6.43. The molecule has 0 aliphatic rings. The Morgan fingerprint density at radius 2 is 1.94 bits per heavy atom. The quantitative estimate of drug-likeness (QED) is 0.407. The van der Waals surface area contributed by atoms with Crippen molar-refractivity contribution in [3.05, 3.63) is 89.2 Å². The van der Waals surface area contributed by atoms with Crippen LogP contribution in [0.5, 0.6) is 0 Å². The molecule has 0 bridgehead atoms. The number of hydrogen-bond donors (Lipinski definition) is 1. The fourth-order valence-corrected chi connectivity index (χ4v) is 4.00. The summed E-state index contributed by atoms with van der Waals surface area (Å²) in [6, 6.07) is 17.9. The van der Waals surface area contributed by atoms with Gasteiger partial charge in [-0.2, -0.15) is 5.10 Å². The first kappa shape index (κ1) is 20.4. The van der Waals surface area contributed by atoms with E-state index in [-0.39, 0.29) is 0 Å². The fourth-order valence-electron chi connectivity index (χ4n) is 3.79. The van der Waals surface area contributed by atoms with Crippen LogP contribution in [0.15, 0.2) is 67.1 Å². The summed E-state index contributed by atoms with van der Waals surface area (Å²) in [5.74, 6) is 0.863. The van der Waals surface area contributed by atoms with E-state index in [0.29, 0.717) is 6.54 Å². The van der Waals surface area contributed by atoms with Crippen LogP contribution in [0, 0.1) is 6.92 Å². The van der Waals surface area contributed by atoms with Crippen LogP contribution in [-0.4, -0.2) is 42.3 Å². The van der Waals surface area contributed by atoms with Gasteiger partial charge < -0.3 is 9.79 Å². The van der Waals surface area contributed by atoms with E-state index in [2.05, 4.69) is 33.9 Å². The Labute approximate surface area is 191 Å². The molecule has 32 heavy (non-hydrogen) atoms. The number of nitrogens with one attached hydrogen (secondary N) is 1. The zero-order valence-corrected chi connectivity index (χ0v) is 18.6. The molecule has 1 N–H and O–H groups in total. The van der Waals surface area contributed by atoms with Gasteiger partial charge in [0.1, 0.15) is 17.8 Å². The molecule has 1 aromatic carbocycles. The van der Waals surface area contributed by atoms with Crippen LogP contribution in [0.3, 0.4) is 0 Å².